The molecule has 1 N–H and O–H groups in total. The van der Waals surface area contributed by atoms with E-state index in [4.69, 9.17) is 9.62 Å². The monoisotopic (exact) mass is 389 g/mol. The fraction of sp³-hybridized carbons (Fsp3) is 0.476. The number of nitrogens with zero attached hydrogens (tertiary/aromatic N) is 6. The number of rotatable bonds is 4. The minimum absolute atomic E-state index is 0.189. The zero-order chi connectivity index (χ0) is 19.8. The molecule has 2 unspecified atom stereocenters. The summed E-state index contributed by atoms with van der Waals surface area (Å²) in [5.74, 6) is 0.512. The summed E-state index contributed by atoms with van der Waals surface area (Å²) in [6, 6.07) is 8.37. The van der Waals surface area contributed by atoms with E-state index in [2.05, 4.69) is 38.4 Å². The number of hydrogen-bond donors (Lipinski definition) is 1. The van der Waals surface area contributed by atoms with Crippen molar-refractivity contribution in [3.63, 3.8) is 0 Å². The lowest BCUT2D eigenvalue weighted by Gasteiger charge is -2.36. The lowest BCUT2D eigenvalue weighted by atomic mass is 9.72. The lowest BCUT2D eigenvalue weighted by Crippen LogP contribution is -2.40. The molecule has 1 aromatic carbocycles. The van der Waals surface area contributed by atoms with Crippen molar-refractivity contribution in [3.05, 3.63) is 35.5 Å². The van der Waals surface area contributed by atoms with Gasteiger partial charge in [-0.1, -0.05) is 19.1 Å². The molecule has 4 heterocycles. The van der Waals surface area contributed by atoms with Crippen LogP contribution >= 0.6 is 0 Å². The minimum atomic E-state index is -0.356. The zero-order valence-electron chi connectivity index (χ0n) is 16.4. The van der Waals surface area contributed by atoms with E-state index in [0.717, 1.165) is 55.1 Å². The first-order chi connectivity index (χ1) is 14.3. The molecule has 0 aliphatic carbocycles. The van der Waals surface area contributed by atoms with E-state index < -0.39 is 0 Å². The largest absolute Gasteiger partial charge is 0.303 e. The molecule has 1 saturated heterocycles. The maximum Gasteiger partial charge on any atom is 0.151 e. The third-order valence-corrected chi connectivity index (χ3v) is 6.21. The van der Waals surface area contributed by atoms with E-state index in [0.29, 0.717) is 17.0 Å². The second-order valence-corrected chi connectivity index (χ2v) is 7.89. The van der Waals surface area contributed by atoms with E-state index in [-0.39, 0.29) is 11.8 Å². The highest BCUT2D eigenvalue weighted by atomic mass is 16.6. The molecule has 2 aromatic heterocycles. The van der Waals surface area contributed by atoms with Crippen LogP contribution in [0.4, 0.5) is 5.82 Å². The average molecular weight is 389 g/mol. The molecule has 3 aromatic rings. The predicted molar refractivity (Wildman–Crippen MR) is 108 cm³/mol. The molecule has 0 saturated carbocycles. The number of aromatic nitrogens is 4. The highest BCUT2D eigenvalue weighted by Crippen LogP contribution is 2.45. The molecule has 148 valence electrons. The fourth-order valence-corrected chi connectivity index (χ4v) is 4.83. The van der Waals surface area contributed by atoms with Crippen molar-refractivity contribution in [2.45, 2.75) is 32.1 Å². The highest BCUT2D eigenvalue weighted by molar-refractivity contribution is 5.97. The number of hydrogen-bond acceptors (Lipinski definition) is 7. The summed E-state index contributed by atoms with van der Waals surface area (Å²) >= 11 is 0. The van der Waals surface area contributed by atoms with Crippen molar-refractivity contribution in [1.29, 1.82) is 5.26 Å². The van der Waals surface area contributed by atoms with Crippen LogP contribution in [0.25, 0.3) is 11.0 Å². The molecule has 8 heteroatoms. The van der Waals surface area contributed by atoms with Crippen molar-refractivity contribution < 1.29 is 4.63 Å². The number of fused-ring (bicyclic) bond motifs is 2. The van der Waals surface area contributed by atoms with Gasteiger partial charge in [-0.25, -0.2) is 9.62 Å². The molecule has 0 spiro atoms. The SMILES string of the molecule is CCCN1CCC(C2=Nc3[nH]ncc3C(c3cccc4nonc34)C2C#N)CC1. The molecule has 8 nitrogen and oxygen atoms in total. The van der Waals surface area contributed by atoms with Crippen molar-refractivity contribution in [2.24, 2.45) is 16.8 Å². The van der Waals surface area contributed by atoms with E-state index in [1.807, 2.05) is 18.2 Å². The van der Waals surface area contributed by atoms with Gasteiger partial charge in [-0.15, -0.1) is 0 Å². The lowest BCUT2D eigenvalue weighted by molar-refractivity contribution is 0.208. The Morgan fingerprint density at radius 1 is 1.24 bits per heavy atom. The van der Waals surface area contributed by atoms with Gasteiger partial charge in [0, 0.05) is 23.1 Å². The summed E-state index contributed by atoms with van der Waals surface area (Å²) in [7, 11) is 0. The van der Waals surface area contributed by atoms with Crippen molar-refractivity contribution in [3.8, 4) is 6.07 Å². The Balaban J connectivity index is 1.55. The highest BCUT2D eigenvalue weighted by Gasteiger charge is 2.40. The molecule has 2 aliphatic heterocycles. The van der Waals surface area contributed by atoms with Gasteiger partial charge >= 0.3 is 0 Å². The molecular formula is C21H23N7O. The summed E-state index contributed by atoms with van der Waals surface area (Å²) in [6.45, 7) is 5.46. The zero-order valence-corrected chi connectivity index (χ0v) is 16.4. The summed E-state index contributed by atoms with van der Waals surface area (Å²) in [4.78, 5) is 7.40. The second-order valence-electron chi connectivity index (χ2n) is 7.89. The first-order valence-corrected chi connectivity index (χ1v) is 10.2. The van der Waals surface area contributed by atoms with Crippen LogP contribution in [0.15, 0.2) is 34.0 Å². The van der Waals surface area contributed by atoms with Crippen molar-refractivity contribution >= 4 is 22.6 Å². The third kappa shape index (κ3) is 3.02. The Bertz CT molecular complexity index is 1080. The van der Waals surface area contributed by atoms with Crippen molar-refractivity contribution in [1.82, 2.24) is 25.4 Å². The number of benzene rings is 1. The maximum atomic E-state index is 10.2. The van der Waals surface area contributed by atoms with Gasteiger partial charge in [-0.2, -0.15) is 10.4 Å². The Labute approximate surface area is 168 Å². The molecule has 5 rings (SSSR count). The normalized spacial score (nSPS) is 23.0. The summed E-state index contributed by atoms with van der Waals surface area (Å²) in [6.07, 6.45) is 5.01. The van der Waals surface area contributed by atoms with Gasteiger partial charge in [0.1, 0.15) is 11.0 Å². The van der Waals surface area contributed by atoms with Crippen LogP contribution in [0.5, 0.6) is 0 Å². The molecule has 2 atom stereocenters. The maximum absolute atomic E-state index is 10.2. The second kappa shape index (κ2) is 7.41. The standard InChI is InChI=1S/C21H23N7O/c1-2-8-28-9-6-13(7-10-28)19-15(11-22)18(16-12-23-25-21(16)24-19)14-4-3-5-17-20(14)27-29-26-17/h3-5,12-13,15,18H,2,6-10H2,1H3,(H,23,25). The van der Waals surface area contributed by atoms with Crippen LogP contribution in [-0.2, 0) is 0 Å². The van der Waals surface area contributed by atoms with Gasteiger partial charge in [0.05, 0.1) is 18.2 Å². The number of piperidine rings is 1. The molecule has 1 fully saturated rings. The first kappa shape index (κ1) is 18.0. The van der Waals surface area contributed by atoms with Crippen LogP contribution in [0, 0.1) is 23.2 Å². The van der Waals surface area contributed by atoms with Gasteiger partial charge in [-0.05, 0) is 60.8 Å². The van der Waals surface area contributed by atoms with Crippen LogP contribution in [0.1, 0.15) is 43.2 Å². The molecular weight excluding hydrogens is 366 g/mol. The smallest absolute Gasteiger partial charge is 0.151 e. The van der Waals surface area contributed by atoms with E-state index in [9.17, 15) is 5.26 Å². The van der Waals surface area contributed by atoms with Crippen LogP contribution < -0.4 is 0 Å². The van der Waals surface area contributed by atoms with Gasteiger partial charge in [0.15, 0.2) is 5.82 Å². The van der Waals surface area contributed by atoms with Gasteiger partial charge in [-0.3, -0.25) is 5.10 Å². The van der Waals surface area contributed by atoms with Gasteiger partial charge in [0.25, 0.3) is 0 Å². The number of H-pyrrole nitrogens is 1. The fourth-order valence-electron chi connectivity index (χ4n) is 4.83. The van der Waals surface area contributed by atoms with Gasteiger partial charge < -0.3 is 4.90 Å². The number of aliphatic imine (C=N–C) groups is 1. The Kier molecular flexibility index (Phi) is 4.60. The molecule has 0 radical (unpaired) electrons. The minimum Gasteiger partial charge on any atom is -0.303 e. The summed E-state index contributed by atoms with van der Waals surface area (Å²) < 4.78 is 4.97. The van der Waals surface area contributed by atoms with E-state index >= 15 is 0 Å². The molecule has 0 bridgehead atoms. The third-order valence-electron chi connectivity index (χ3n) is 6.21. The quantitative estimate of drug-likeness (QED) is 0.732. The number of likely N-dealkylation sites (tertiary alicyclic amines) is 1. The Morgan fingerprint density at radius 3 is 2.90 bits per heavy atom. The predicted octanol–water partition coefficient (Wildman–Crippen LogP) is 3.43. The van der Waals surface area contributed by atoms with Crippen LogP contribution in [-0.4, -0.2) is 50.8 Å². The first-order valence-electron chi connectivity index (χ1n) is 10.2. The molecule has 29 heavy (non-hydrogen) atoms. The Hall–Kier alpha value is -3.05. The topological polar surface area (TPSA) is 107 Å². The molecule has 2 aliphatic rings. The number of nitrogens with one attached hydrogen (secondary N) is 1. The Morgan fingerprint density at radius 2 is 2.10 bits per heavy atom. The van der Waals surface area contributed by atoms with Gasteiger partial charge in [0.2, 0.25) is 0 Å². The van der Waals surface area contributed by atoms with Crippen molar-refractivity contribution in [2.75, 3.05) is 19.6 Å². The van der Waals surface area contributed by atoms with Crippen LogP contribution in [0.2, 0.25) is 0 Å². The number of nitriles is 1. The summed E-state index contributed by atoms with van der Waals surface area (Å²) in [5, 5.41) is 25.6. The molecule has 0 amide bonds. The number of aromatic amines is 1. The van der Waals surface area contributed by atoms with E-state index in [1.54, 1.807) is 6.20 Å². The van der Waals surface area contributed by atoms with E-state index in [1.165, 1.54) is 6.42 Å². The van der Waals surface area contributed by atoms with Crippen LogP contribution in [0.3, 0.4) is 0 Å². The summed E-state index contributed by atoms with van der Waals surface area (Å²) in [5.41, 5.74) is 4.23. The average Bonchev–Trinajstić information content (AvgIpc) is 3.42.